The summed E-state index contributed by atoms with van der Waals surface area (Å²) >= 11 is 0. The number of nitrogens with zero attached hydrogens (tertiary/aromatic N) is 3. The zero-order valence-electron chi connectivity index (χ0n) is 13.5. The minimum Gasteiger partial charge on any atom is -0.443 e. The van der Waals surface area contributed by atoms with E-state index in [0.29, 0.717) is 29.9 Å². The van der Waals surface area contributed by atoms with Crippen LogP contribution in [-0.4, -0.2) is 38.7 Å². The van der Waals surface area contributed by atoms with E-state index in [1.165, 1.54) is 0 Å². The van der Waals surface area contributed by atoms with E-state index in [-0.39, 0.29) is 6.10 Å². The third kappa shape index (κ3) is 2.80. The number of nitrogens with two attached hydrogens (primary N) is 1. The van der Waals surface area contributed by atoms with E-state index >= 15 is 0 Å². The number of likely N-dealkylation sites (tertiary alicyclic amines) is 1. The molecule has 3 heterocycles. The Hall–Kier alpha value is -1.66. The summed E-state index contributed by atoms with van der Waals surface area (Å²) < 4.78 is 5.69. The summed E-state index contributed by atoms with van der Waals surface area (Å²) in [4.78, 5) is 11.3. The van der Waals surface area contributed by atoms with Crippen LogP contribution in [0.5, 0.6) is 0 Å². The van der Waals surface area contributed by atoms with Crippen LogP contribution in [0.1, 0.15) is 43.3 Å². The molecule has 6 heteroatoms. The van der Waals surface area contributed by atoms with E-state index in [2.05, 4.69) is 14.9 Å². The highest BCUT2D eigenvalue weighted by atomic mass is 16.3. The minimum absolute atomic E-state index is 0.283. The molecule has 1 saturated heterocycles. The van der Waals surface area contributed by atoms with Gasteiger partial charge in [-0.1, -0.05) is 0 Å². The summed E-state index contributed by atoms with van der Waals surface area (Å²) in [7, 11) is 0. The van der Waals surface area contributed by atoms with Gasteiger partial charge >= 0.3 is 0 Å². The molecule has 2 unspecified atom stereocenters. The predicted molar refractivity (Wildman–Crippen MR) is 85.4 cm³/mol. The number of aromatic nitrogens is 2. The number of hydrogen-bond acceptors (Lipinski definition) is 6. The fourth-order valence-corrected chi connectivity index (χ4v) is 3.34. The molecule has 120 valence electrons. The van der Waals surface area contributed by atoms with Crippen LogP contribution in [0.4, 0.5) is 5.82 Å². The fraction of sp³-hybridized carbons (Fsp3) is 0.625. The Bertz CT molecular complexity index is 680. The number of aliphatic hydroxyl groups excluding tert-OH is 1. The van der Waals surface area contributed by atoms with E-state index in [4.69, 9.17) is 10.2 Å². The number of nitrogen functional groups attached to an aromatic ring is 1. The maximum absolute atomic E-state index is 9.62. The molecule has 6 nitrogen and oxygen atoms in total. The monoisotopic (exact) mass is 304 g/mol. The first-order chi connectivity index (χ1) is 10.5. The molecule has 0 amide bonds. The third-order valence-electron chi connectivity index (χ3n) is 4.56. The summed E-state index contributed by atoms with van der Waals surface area (Å²) in [6, 6.07) is 0.389. The number of aliphatic hydroxyl groups is 1. The fourth-order valence-electron chi connectivity index (χ4n) is 3.34. The van der Waals surface area contributed by atoms with Gasteiger partial charge in [0.2, 0.25) is 5.71 Å². The lowest BCUT2D eigenvalue weighted by molar-refractivity contribution is 0.129. The van der Waals surface area contributed by atoms with E-state index in [9.17, 15) is 5.11 Å². The Morgan fingerprint density at radius 2 is 2.18 bits per heavy atom. The lowest BCUT2D eigenvalue weighted by Gasteiger charge is -2.24. The largest absolute Gasteiger partial charge is 0.443 e. The molecular formula is C16H24N4O2. The molecule has 0 aliphatic carbocycles. The zero-order chi connectivity index (χ0) is 15.9. The third-order valence-corrected chi connectivity index (χ3v) is 4.56. The average molecular weight is 304 g/mol. The van der Waals surface area contributed by atoms with Crippen LogP contribution in [0.25, 0.3) is 11.1 Å². The SMILES string of the molecule is Cc1oc2nc(CN3CCCC3CC(C)O)nc(N)c2c1C. The van der Waals surface area contributed by atoms with Crippen LogP contribution in [0.2, 0.25) is 0 Å². The summed E-state index contributed by atoms with van der Waals surface area (Å²) in [5, 5.41) is 10.4. The molecule has 2 atom stereocenters. The Labute approximate surface area is 130 Å². The molecule has 1 aliphatic rings. The van der Waals surface area contributed by atoms with Crippen molar-refractivity contribution in [3.05, 3.63) is 17.1 Å². The first kappa shape index (κ1) is 15.2. The van der Waals surface area contributed by atoms with Crippen molar-refractivity contribution in [2.75, 3.05) is 12.3 Å². The van der Waals surface area contributed by atoms with Gasteiger partial charge in [0.15, 0.2) is 0 Å². The molecule has 3 N–H and O–H groups in total. The number of rotatable bonds is 4. The Balaban J connectivity index is 1.85. The van der Waals surface area contributed by atoms with Gasteiger partial charge in [-0.25, -0.2) is 4.98 Å². The quantitative estimate of drug-likeness (QED) is 0.900. The van der Waals surface area contributed by atoms with E-state index < -0.39 is 0 Å². The smallest absolute Gasteiger partial charge is 0.231 e. The maximum Gasteiger partial charge on any atom is 0.231 e. The van der Waals surface area contributed by atoms with Crippen LogP contribution in [0.3, 0.4) is 0 Å². The lowest BCUT2D eigenvalue weighted by atomic mass is 10.1. The van der Waals surface area contributed by atoms with Gasteiger partial charge in [-0.2, -0.15) is 4.98 Å². The van der Waals surface area contributed by atoms with E-state index in [0.717, 1.165) is 42.5 Å². The highest BCUT2D eigenvalue weighted by Crippen LogP contribution is 2.28. The second kappa shape index (κ2) is 5.85. The van der Waals surface area contributed by atoms with Gasteiger partial charge in [-0.05, 0) is 46.6 Å². The highest BCUT2D eigenvalue weighted by molar-refractivity contribution is 5.88. The van der Waals surface area contributed by atoms with Crippen molar-refractivity contribution in [2.24, 2.45) is 0 Å². The van der Waals surface area contributed by atoms with Crippen molar-refractivity contribution in [2.45, 2.75) is 58.7 Å². The second-order valence-electron chi connectivity index (χ2n) is 6.34. The van der Waals surface area contributed by atoms with Crippen molar-refractivity contribution in [1.29, 1.82) is 0 Å². The number of hydrogen-bond donors (Lipinski definition) is 2. The number of anilines is 1. The average Bonchev–Trinajstić information content (AvgIpc) is 2.95. The van der Waals surface area contributed by atoms with Gasteiger partial charge in [0.05, 0.1) is 18.0 Å². The van der Waals surface area contributed by atoms with Crippen molar-refractivity contribution in [1.82, 2.24) is 14.9 Å². The van der Waals surface area contributed by atoms with Crippen LogP contribution in [-0.2, 0) is 6.54 Å². The highest BCUT2D eigenvalue weighted by Gasteiger charge is 2.27. The first-order valence-electron chi connectivity index (χ1n) is 7.90. The molecule has 2 aromatic heterocycles. The van der Waals surface area contributed by atoms with Crippen LogP contribution in [0.15, 0.2) is 4.42 Å². The predicted octanol–water partition coefficient (Wildman–Crippen LogP) is 2.16. The lowest BCUT2D eigenvalue weighted by Crippen LogP contribution is -2.32. The molecular weight excluding hydrogens is 280 g/mol. The number of fused-ring (bicyclic) bond motifs is 1. The topological polar surface area (TPSA) is 88.4 Å². The van der Waals surface area contributed by atoms with Gasteiger partial charge in [-0.3, -0.25) is 4.90 Å². The molecule has 0 radical (unpaired) electrons. The molecule has 1 fully saturated rings. The zero-order valence-corrected chi connectivity index (χ0v) is 13.5. The van der Waals surface area contributed by atoms with Gasteiger partial charge in [0, 0.05) is 11.6 Å². The Morgan fingerprint density at radius 1 is 1.41 bits per heavy atom. The van der Waals surface area contributed by atoms with Gasteiger partial charge in [-0.15, -0.1) is 0 Å². The molecule has 0 saturated carbocycles. The van der Waals surface area contributed by atoms with Crippen molar-refractivity contribution < 1.29 is 9.52 Å². The molecule has 22 heavy (non-hydrogen) atoms. The normalized spacial score (nSPS) is 20.8. The molecule has 0 spiro atoms. The van der Waals surface area contributed by atoms with Crippen LogP contribution < -0.4 is 5.73 Å². The summed E-state index contributed by atoms with van der Waals surface area (Å²) in [6.45, 7) is 7.38. The van der Waals surface area contributed by atoms with Crippen molar-refractivity contribution in [3.8, 4) is 0 Å². The van der Waals surface area contributed by atoms with E-state index in [1.54, 1.807) is 0 Å². The molecule has 0 bridgehead atoms. The van der Waals surface area contributed by atoms with Gasteiger partial charge < -0.3 is 15.3 Å². The van der Waals surface area contributed by atoms with E-state index in [1.807, 2.05) is 20.8 Å². The summed E-state index contributed by atoms with van der Waals surface area (Å²) in [6.07, 6.45) is 2.77. The maximum atomic E-state index is 9.62. The molecule has 1 aliphatic heterocycles. The molecule has 0 aromatic carbocycles. The van der Waals surface area contributed by atoms with Crippen molar-refractivity contribution in [3.63, 3.8) is 0 Å². The first-order valence-corrected chi connectivity index (χ1v) is 7.90. The van der Waals surface area contributed by atoms with Crippen LogP contribution in [0, 0.1) is 13.8 Å². The van der Waals surface area contributed by atoms with Gasteiger partial charge in [0.1, 0.15) is 17.4 Å². The molecule has 3 rings (SSSR count). The number of furan rings is 1. The van der Waals surface area contributed by atoms with Gasteiger partial charge in [0.25, 0.3) is 0 Å². The van der Waals surface area contributed by atoms with Crippen molar-refractivity contribution >= 4 is 16.9 Å². The van der Waals surface area contributed by atoms with Crippen LogP contribution >= 0.6 is 0 Å². The standard InChI is InChI=1S/C16H24N4O2/c1-9(21)7-12-5-4-6-20(12)8-13-18-15(17)14-10(2)11(3)22-16(14)19-13/h9,12,21H,4-8H2,1-3H3,(H2,17,18,19). The Morgan fingerprint density at radius 3 is 2.91 bits per heavy atom. The Kier molecular flexibility index (Phi) is 4.06. The summed E-state index contributed by atoms with van der Waals surface area (Å²) in [5.41, 5.74) is 7.67. The minimum atomic E-state index is -0.283. The summed E-state index contributed by atoms with van der Waals surface area (Å²) in [5.74, 6) is 2.01. The number of aryl methyl sites for hydroxylation is 2. The molecule has 2 aromatic rings. The second-order valence-corrected chi connectivity index (χ2v) is 6.34.